The Morgan fingerprint density at radius 2 is 2.24 bits per heavy atom. The molecule has 0 bridgehead atoms. The molecule has 1 aromatic carbocycles. The summed E-state index contributed by atoms with van der Waals surface area (Å²) in [5.41, 5.74) is 0.688. The third-order valence-corrected chi connectivity index (χ3v) is 2.69. The number of rotatable bonds is 4. The van der Waals surface area contributed by atoms with Crippen LogP contribution in [0, 0.1) is 12.7 Å². The first-order valence-electron chi connectivity index (χ1n) is 5.33. The first kappa shape index (κ1) is 11.9. The molecule has 17 heavy (non-hydrogen) atoms. The van der Waals surface area contributed by atoms with E-state index in [2.05, 4.69) is 10.3 Å². The van der Waals surface area contributed by atoms with E-state index in [1.54, 1.807) is 12.3 Å². The van der Waals surface area contributed by atoms with Gasteiger partial charge < -0.3 is 9.88 Å². The smallest absolute Gasteiger partial charge is 0.126 e. The van der Waals surface area contributed by atoms with Crippen LogP contribution in [-0.2, 0) is 6.54 Å². The third-order valence-electron chi connectivity index (χ3n) is 2.47. The number of nitrogens with zero attached hydrogens (tertiary/aromatic N) is 2. The van der Waals surface area contributed by atoms with Gasteiger partial charge in [-0.2, -0.15) is 0 Å². The van der Waals surface area contributed by atoms with Crippen LogP contribution in [0.4, 0.5) is 10.1 Å². The van der Waals surface area contributed by atoms with E-state index in [1.807, 2.05) is 17.7 Å². The van der Waals surface area contributed by atoms with Crippen LogP contribution in [-0.4, -0.2) is 16.1 Å². The molecule has 0 amide bonds. The molecule has 0 aliphatic rings. The lowest BCUT2D eigenvalue weighted by Gasteiger charge is -2.08. The minimum atomic E-state index is -0.334. The Kier molecular flexibility index (Phi) is 3.64. The lowest BCUT2D eigenvalue weighted by molar-refractivity contribution is 0.628. The van der Waals surface area contributed by atoms with Gasteiger partial charge in [0.15, 0.2) is 0 Å². The van der Waals surface area contributed by atoms with Gasteiger partial charge in [0.2, 0.25) is 0 Å². The van der Waals surface area contributed by atoms with Crippen LogP contribution in [0.25, 0.3) is 0 Å². The highest BCUT2D eigenvalue weighted by Gasteiger charge is 1.99. The second-order valence-corrected chi connectivity index (χ2v) is 4.19. The van der Waals surface area contributed by atoms with E-state index in [0.29, 0.717) is 17.3 Å². The van der Waals surface area contributed by atoms with Gasteiger partial charge in [0, 0.05) is 36.2 Å². The standard InChI is InChI=1S/C12H13ClFN3/c1-9-15-2-4-17(9)5-3-16-12-7-10(13)6-11(14)8-12/h2,4,6-8,16H,3,5H2,1H3. The number of aryl methyl sites for hydroxylation is 1. The first-order chi connectivity index (χ1) is 8.15. The number of anilines is 1. The Labute approximate surface area is 104 Å². The zero-order valence-corrected chi connectivity index (χ0v) is 10.2. The predicted octanol–water partition coefficient (Wildman–Crippen LogP) is 3.10. The molecule has 0 saturated heterocycles. The molecule has 0 spiro atoms. The Hall–Kier alpha value is -1.55. The normalized spacial score (nSPS) is 10.5. The average molecular weight is 254 g/mol. The van der Waals surface area contributed by atoms with Gasteiger partial charge in [-0.1, -0.05) is 11.6 Å². The highest BCUT2D eigenvalue weighted by molar-refractivity contribution is 6.30. The topological polar surface area (TPSA) is 29.9 Å². The summed E-state index contributed by atoms with van der Waals surface area (Å²) in [6.45, 7) is 3.41. The molecular formula is C12H13ClFN3. The number of halogens is 2. The Balaban J connectivity index is 1.92. The molecule has 0 unspecified atom stereocenters. The lowest BCUT2D eigenvalue weighted by Crippen LogP contribution is -2.11. The fourth-order valence-electron chi connectivity index (χ4n) is 1.62. The van der Waals surface area contributed by atoms with Crippen molar-refractivity contribution in [1.29, 1.82) is 0 Å². The van der Waals surface area contributed by atoms with E-state index in [0.717, 1.165) is 12.4 Å². The highest BCUT2D eigenvalue weighted by atomic mass is 35.5. The molecule has 3 nitrogen and oxygen atoms in total. The van der Waals surface area contributed by atoms with Crippen LogP contribution >= 0.6 is 11.6 Å². The van der Waals surface area contributed by atoms with Crippen molar-refractivity contribution < 1.29 is 4.39 Å². The molecule has 2 rings (SSSR count). The minimum Gasteiger partial charge on any atom is -0.383 e. The maximum Gasteiger partial charge on any atom is 0.126 e. The van der Waals surface area contributed by atoms with Crippen molar-refractivity contribution in [3.8, 4) is 0 Å². The number of imidazole rings is 1. The van der Waals surface area contributed by atoms with Gasteiger partial charge in [-0.05, 0) is 25.1 Å². The van der Waals surface area contributed by atoms with E-state index in [-0.39, 0.29) is 5.82 Å². The van der Waals surface area contributed by atoms with Gasteiger partial charge in [-0.15, -0.1) is 0 Å². The number of benzene rings is 1. The molecule has 90 valence electrons. The molecule has 1 N–H and O–H groups in total. The van der Waals surface area contributed by atoms with E-state index in [9.17, 15) is 4.39 Å². The summed E-state index contributed by atoms with van der Waals surface area (Å²) in [7, 11) is 0. The molecule has 0 radical (unpaired) electrons. The summed E-state index contributed by atoms with van der Waals surface area (Å²) >= 11 is 5.76. The summed E-state index contributed by atoms with van der Waals surface area (Å²) in [4.78, 5) is 4.12. The molecule has 5 heteroatoms. The molecule has 1 heterocycles. The molecule has 2 aromatic rings. The molecule has 0 atom stereocenters. The number of hydrogen-bond donors (Lipinski definition) is 1. The summed E-state index contributed by atoms with van der Waals surface area (Å²) in [6.07, 6.45) is 3.67. The third kappa shape index (κ3) is 3.20. The van der Waals surface area contributed by atoms with Gasteiger partial charge in [0.1, 0.15) is 11.6 Å². The van der Waals surface area contributed by atoms with E-state index in [1.165, 1.54) is 12.1 Å². The van der Waals surface area contributed by atoms with E-state index in [4.69, 9.17) is 11.6 Å². The predicted molar refractivity (Wildman–Crippen MR) is 66.9 cm³/mol. The van der Waals surface area contributed by atoms with Crippen LogP contribution in [0.2, 0.25) is 5.02 Å². The number of aromatic nitrogens is 2. The lowest BCUT2D eigenvalue weighted by atomic mass is 10.3. The summed E-state index contributed by atoms with van der Waals surface area (Å²) in [5, 5.41) is 3.51. The van der Waals surface area contributed by atoms with E-state index < -0.39 is 0 Å². The fourth-order valence-corrected chi connectivity index (χ4v) is 1.84. The minimum absolute atomic E-state index is 0.334. The highest BCUT2D eigenvalue weighted by Crippen LogP contribution is 2.17. The second-order valence-electron chi connectivity index (χ2n) is 3.75. The Bertz CT molecular complexity index is 490. The van der Waals surface area contributed by atoms with Gasteiger partial charge >= 0.3 is 0 Å². The van der Waals surface area contributed by atoms with Gasteiger partial charge in [-0.25, -0.2) is 9.37 Å². The monoisotopic (exact) mass is 253 g/mol. The van der Waals surface area contributed by atoms with Crippen molar-refractivity contribution >= 4 is 17.3 Å². The van der Waals surface area contributed by atoms with Crippen LogP contribution in [0.5, 0.6) is 0 Å². The summed E-state index contributed by atoms with van der Waals surface area (Å²) in [5.74, 6) is 0.628. The quantitative estimate of drug-likeness (QED) is 0.908. The number of hydrogen-bond acceptors (Lipinski definition) is 2. The van der Waals surface area contributed by atoms with Crippen molar-refractivity contribution in [2.24, 2.45) is 0 Å². The molecule has 0 saturated carbocycles. The SMILES string of the molecule is Cc1nccn1CCNc1cc(F)cc(Cl)c1. The molecular weight excluding hydrogens is 241 g/mol. The number of nitrogens with one attached hydrogen (secondary N) is 1. The maximum absolute atomic E-state index is 13.1. The maximum atomic E-state index is 13.1. The van der Waals surface area contributed by atoms with Gasteiger partial charge in [-0.3, -0.25) is 0 Å². The second kappa shape index (κ2) is 5.19. The van der Waals surface area contributed by atoms with Crippen molar-refractivity contribution in [2.45, 2.75) is 13.5 Å². The van der Waals surface area contributed by atoms with Crippen molar-refractivity contribution in [2.75, 3.05) is 11.9 Å². The fraction of sp³-hybridized carbons (Fsp3) is 0.250. The van der Waals surface area contributed by atoms with Gasteiger partial charge in [0.25, 0.3) is 0 Å². The Morgan fingerprint density at radius 3 is 2.88 bits per heavy atom. The molecule has 0 fully saturated rings. The zero-order chi connectivity index (χ0) is 12.3. The van der Waals surface area contributed by atoms with Crippen molar-refractivity contribution in [1.82, 2.24) is 9.55 Å². The summed E-state index contributed by atoms with van der Waals surface area (Å²) in [6, 6.07) is 4.41. The van der Waals surface area contributed by atoms with Gasteiger partial charge in [0.05, 0.1) is 0 Å². The van der Waals surface area contributed by atoms with Crippen molar-refractivity contribution in [3.05, 3.63) is 47.3 Å². The van der Waals surface area contributed by atoms with Crippen LogP contribution < -0.4 is 5.32 Å². The largest absolute Gasteiger partial charge is 0.383 e. The van der Waals surface area contributed by atoms with Crippen LogP contribution in [0.1, 0.15) is 5.82 Å². The summed E-state index contributed by atoms with van der Waals surface area (Å²) < 4.78 is 15.1. The Morgan fingerprint density at radius 1 is 1.41 bits per heavy atom. The molecule has 0 aliphatic heterocycles. The van der Waals surface area contributed by atoms with Crippen molar-refractivity contribution in [3.63, 3.8) is 0 Å². The van der Waals surface area contributed by atoms with Crippen LogP contribution in [0.15, 0.2) is 30.6 Å². The van der Waals surface area contributed by atoms with Crippen LogP contribution in [0.3, 0.4) is 0 Å². The molecule has 0 aliphatic carbocycles. The first-order valence-corrected chi connectivity index (χ1v) is 5.70. The molecule has 1 aromatic heterocycles. The zero-order valence-electron chi connectivity index (χ0n) is 9.45. The average Bonchev–Trinajstić information content (AvgIpc) is 2.63. The van der Waals surface area contributed by atoms with E-state index >= 15 is 0 Å².